The molecule has 1 heterocycles. The van der Waals surface area contributed by atoms with Gasteiger partial charge in [0.15, 0.2) is 5.69 Å². The van der Waals surface area contributed by atoms with Crippen molar-refractivity contribution in [2.45, 2.75) is 39.5 Å². The molecule has 1 N–H and O–H groups in total. The first-order valence-corrected chi connectivity index (χ1v) is 11.8. The van der Waals surface area contributed by atoms with Gasteiger partial charge < -0.3 is 10.1 Å². The molecule has 0 aliphatic rings. The van der Waals surface area contributed by atoms with Crippen molar-refractivity contribution in [2.24, 2.45) is 0 Å². The fraction of sp³-hybridized carbons (Fsp3) is 0.360. The molecule has 0 spiro atoms. The van der Waals surface area contributed by atoms with Gasteiger partial charge in [0.05, 0.1) is 13.2 Å². The van der Waals surface area contributed by atoms with Crippen LogP contribution in [0.4, 0.5) is 13.2 Å². The predicted molar refractivity (Wildman–Crippen MR) is 128 cm³/mol. The van der Waals surface area contributed by atoms with Gasteiger partial charge in [-0.15, -0.1) is 11.3 Å². The number of aromatic nitrogens is 1. The molecular formula is C25H28F3N3O2S. The minimum Gasteiger partial charge on any atom is -0.497 e. The number of alkyl halides is 3. The molecule has 0 radical (unpaired) electrons. The van der Waals surface area contributed by atoms with E-state index in [-0.39, 0.29) is 5.01 Å². The van der Waals surface area contributed by atoms with Gasteiger partial charge in [-0.1, -0.05) is 44.2 Å². The van der Waals surface area contributed by atoms with Gasteiger partial charge in [-0.3, -0.25) is 9.69 Å². The predicted octanol–water partition coefficient (Wildman–Crippen LogP) is 6.17. The zero-order valence-electron chi connectivity index (χ0n) is 19.6. The molecule has 0 bridgehead atoms. The van der Waals surface area contributed by atoms with Crippen molar-refractivity contribution in [3.8, 4) is 16.3 Å². The van der Waals surface area contributed by atoms with E-state index in [9.17, 15) is 18.0 Å². The van der Waals surface area contributed by atoms with Crippen molar-refractivity contribution in [1.29, 1.82) is 0 Å². The summed E-state index contributed by atoms with van der Waals surface area (Å²) in [6, 6.07) is 13.8. The molecule has 0 unspecified atom stereocenters. The molecule has 0 aliphatic carbocycles. The fourth-order valence-electron chi connectivity index (χ4n) is 3.55. The summed E-state index contributed by atoms with van der Waals surface area (Å²) in [5, 5.41) is 2.82. The lowest BCUT2D eigenvalue weighted by atomic mass is 10.1. The molecule has 3 rings (SSSR count). The molecule has 3 aromatic rings. The smallest absolute Gasteiger partial charge is 0.435 e. The van der Waals surface area contributed by atoms with Crippen LogP contribution >= 0.6 is 11.3 Å². The van der Waals surface area contributed by atoms with Crippen LogP contribution in [-0.2, 0) is 12.7 Å². The van der Waals surface area contributed by atoms with Gasteiger partial charge in [-0.2, -0.15) is 13.2 Å². The normalized spacial score (nSPS) is 12.6. The molecular weight excluding hydrogens is 463 g/mol. The van der Waals surface area contributed by atoms with Gasteiger partial charge in [0.2, 0.25) is 0 Å². The highest BCUT2D eigenvalue weighted by Gasteiger charge is 2.40. The van der Waals surface area contributed by atoms with E-state index in [0.29, 0.717) is 17.9 Å². The monoisotopic (exact) mass is 491 g/mol. The van der Waals surface area contributed by atoms with Crippen LogP contribution in [0.5, 0.6) is 5.75 Å². The zero-order chi connectivity index (χ0) is 24.9. The van der Waals surface area contributed by atoms with E-state index >= 15 is 0 Å². The average Bonchev–Trinajstić information content (AvgIpc) is 3.29. The van der Waals surface area contributed by atoms with Gasteiger partial charge in [0.1, 0.15) is 15.6 Å². The summed E-state index contributed by atoms with van der Waals surface area (Å²) in [4.78, 5) is 18.5. The molecule has 0 aliphatic heterocycles. The second-order valence-corrected chi connectivity index (χ2v) is 8.83. The van der Waals surface area contributed by atoms with Gasteiger partial charge in [-0.05, 0) is 49.3 Å². The molecule has 0 fully saturated rings. The topological polar surface area (TPSA) is 54.5 Å². The molecule has 1 aromatic heterocycles. The SMILES string of the molecule is CCN(CC)Cc1cccc(-c2nc(C(F)(F)F)c(C(=O)N[C@@H](C)c3cccc(OC)c3)s2)c1. The Morgan fingerprint density at radius 3 is 2.50 bits per heavy atom. The minimum atomic E-state index is -4.75. The number of halogens is 3. The number of benzene rings is 2. The highest BCUT2D eigenvalue weighted by atomic mass is 32.1. The Hall–Kier alpha value is -2.91. The highest BCUT2D eigenvalue weighted by Crippen LogP contribution is 2.38. The lowest BCUT2D eigenvalue weighted by Crippen LogP contribution is -2.28. The van der Waals surface area contributed by atoms with E-state index < -0.39 is 28.7 Å². The Kier molecular flexibility index (Phi) is 8.33. The molecule has 2 aromatic carbocycles. The molecule has 34 heavy (non-hydrogen) atoms. The number of hydrogen-bond acceptors (Lipinski definition) is 5. The first-order valence-electron chi connectivity index (χ1n) is 11.0. The number of carbonyl (C=O) groups is 1. The van der Waals surface area contributed by atoms with Crippen LogP contribution in [0.3, 0.4) is 0 Å². The largest absolute Gasteiger partial charge is 0.497 e. The van der Waals surface area contributed by atoms with E-state index in [1.54, 1.807) is 43.3 Å². The quantitative estimate of drug-likeness (QED) is 0.389. The van der Waals surface area contributed by atoms with Crippen molar-refractivity contribution in [3.05, 3.63) is 70.2 Å². The molecule has 1 atom stereocenters. The Balaban J connectivity index is 1.90. The third-order valence-corrected chi connectivity index (χ3v) is 6.62. The van der Waals surface area contributed by atoms with Gasteiger partial charge in [-0.25, -0.2) is 4.98 Å². The number of ether oxygens (including phenoxy) is 1. The third kappa shape index (κ3) is 6.15. The van der Waals surface area contributed by atoms with Gasteiger partial charge >= 0.3 is 6.18 Å². The maximum Gasteiger partial charge on any atom is 0.435 e. The summed E-state index contributed by atoms with van der Waals surface area (Å²) in [6.07, 6.45) is -4.75. The molecule has 9 heteroatoms. The molecule has 182 valence electrons. The number of thiazole rings is 1. The van der Waals surface area contributed by atoms with Crippen molar-refractivity contribution in [1.82, 2.24) is 15.2 Å². The first-order chi connectivity index (χ1) is 16.2. The van der Waals surface area contributed by atoms with Crippen molar-refractivity contribution in [2.75, 3.05) is 20.2 Å². The summed E-state index contributed by atoms with van der Waals surface area (Å²) in [5.74, 6) is -0.218. The summed E-state index contributed by atoms with van der Waals surface area (Å²) in [7, 11) is 1.52. The molecule has 0 saturated heterocycles. The fourth-order valence-corrected chi connectivity index (χ4v) is 4.54. The molecule has 0 saturated carbocycles. The Morgan fingerprint density at radius 2 is 1.85 bits per heavy atom. The Bertz CT molecular complexity index is 1130. The third-order valence-electron chi connectivity index (χ3n) is 5.52. The van der Waals surface area contributed by atoms with Crippen molar-refractivity contribution in [3.63, 3.8) is 0 Å². The van der Waals surface area contributed by atoms with E-state index in [1.165, 1.54) is 7.11 Å². The summed E-state index contributed by atoms with van der Waals surface area (Å²) >= 11 is 0.750. The maximum absolute atomic E-state index is 13.8. The molecule has 5 nitrogen and oxygen atoms in total. The van der Waals surface area contributed by atoms with E-state index in [4.69, 9.17) is 4.74 Å². The second kappa shape index (κ2) is 11.0. The number of nitrogens with zero attached hydrogens (tertiary/aromatic N) is 2. The van der Waals surface area contributed by atoms with Crippen LogP contribution in [-0.4, -0.2) is 36.0 Å². The number of nitrogens with one attached hydrogen (secondary N) is 1. The van der Waals surface area contributed by atoms with E-state index in [1.807, 2.05) is 12.1 Å². The van der Waals surface area contributed by atoms with Crippen LogP contribution in [0, 0.1) is 0 Å². The zero-order valence-corrected chi connectivity index (χ0v) is 20.4. The van der Waals surface area contributed by atoms with Crippen LogP contribution in [0.2, 0.25) is 0 Å². The number of rotatable bonds is 9. The maximum atomic E-state index is 13.8. The summed E-state index contributed by atoms with van der Waals surface area (Å²) in [6.45, 7) is 8.24. The highest BCUT2D eigenvalue weighted by molar-refractivity contribution is 7.17. The lowest BCUT2D eigenvalue weighted by Gasteiger charge is -2.18. The number of amides is 1. The summed E-state index contributed by atoms with van der Waals surface area (Å²) < 4.78 is 46.5. The van der Waals surface area contributed by atoms with Gasteiger partial charge in [0, 0.05) is 12.1 Å². The van der Waals surface area contributed by atoms with E-state index in [2.05, 4.69) is 29.0 Å². The Morgan fingerprint density at radius 1 is 1.15 bits per heavy atom. The van der Waals surface area contributed by atoms with Crippen LogP contribution < -0.4 is 10.1 Å². The average molecular weight is 492 g/mol. The number of carbonyl (C=O) groups excluding carboxylic acids is 1. The van der Waals surface area contributed by atoms with Crippen LogP contribution in [0.15, 0.2) is 48.5 Å². The standard InChI is InChI=1S/C25H28F3N3O2S/c1-5-31(6-2)15-17-9-7-11-19(13-17)24-30-22(25(26,27)28)21(34-24)23(32)29-16(3)18-10-8-12-20(14-18)33-4/h7-14,16H,5-6,15H2,1-4H3,(H,29,32)/t16-/m0/s1. The second-order valence-electron chi connectivity index (χ2n) is 7.83. The van der Waals surface area contributed by atoms with Crippen molar-refractivity contribution >= 4 is 17.2 Å². The van der Waals surface area contributed by atoms with Crippen molar-refractivity contribution < 1.29 is 22.7 Å². The molecule has 1 amide bonds. The van der Waals surface area contributed by atoms with Crippen LogP contribution in [0.25, 0.3) is 10.6 Å². The van der Waals surface area contributed by atoms with E-state index in [0.717, 1.165) is 35.6 Å². The summed E-state index contributed by atoms with van der Waals surface area (Å²) in [5.41, 5.74) is 1.08. The van der Waals surface area contributed by atoms with Gasteiger partial charge in [0.25, 0.3) is 5.91 Å². The first kappa shape index (κ1) is 25.7. The Labute approximate surface area is 201 Å². The minimum absolute atomic E-state index is 0.160. The number of methoxy groups -OCH3 is 1. The number of hydrogen-bond donors (Lipinski definition) is 1. The lowest BCUT2D eigenvalue weighted by molar-refractivity contribution is -0.141. The van der Waals surface area contributed by atoms with Crippen LogP contribution in [0.1, 0.15) is 53.3 Å².